The van der Waals surface area contributed by atoms with E-state index in [9.17, 15) is 18.0 Å². The normalized spacial score (nSPS) is 22.1. The maximum atomic E-state index is 12.0. The Balaban J connectivity index is 2.60. The first-order chi connectivity index (χ1) is 8.21. The molecular weight excluding hydrogens is 258 g/mol. The number of sulfone groups is 1. The molecule has 0 saturated carbocycles. The number of carboxylic acids is 1. The summed E-state index contributed by atoms with van der Waals surface area (Å²) in [5.74, 6) is -1.34. The van der Waals surface area contributed by atoms with Gasteiger partial charge in [-0.25, -0.2) is 8.42 Å². The van der Waals surface area contributed by atoms with Gasteiger partial charge in [0, 0.05) is 12.5 Å². The number of carbonyl (C=O) groups is 2. The minimum Gasteiger partial charge on any atom is -0.480 e. The van der Waals surface area contributed by atoms with Crippen LogP contribution in [0.5, 0.6) is 0 Å². The van der Waals surface area contributed by atoms with E-state index in [0.717, 1.165) is 0 Å². The Kier molecular flexibility index (Phi) is 4.72. The monoisotopic (exact) mass is 277 g/mol. The maximum absolute atomic E-state index is 12.0. The summed E-state index contributed by atoms with van der Waals surface area (Å²) in [6.45, 7) is 3.15. The molecule has 1 aliphatic rings. The average molecular weight is 277 g/mol. The highest BCUT2D eigenvalue weighted by Gasteiger charge is 2.31. The molecular formula is C11H19NO5S. The fourth-order valence-electron chi connectivity index (χ4n) is 2.10. The Labute approximate surface area is 107 Å². The van der Waals surface area contributed by atoms with Crippen LogP contribution < -0.4 is 0 Å². The first-order valence-electron chi connectivity index (χ1n) is 5.93. The molecule has 1 N–H and O–H groups in total. The second kappa shape index (κ2) is 5.69. The van der Waals surface area contributed by atoms with Crippen LogP contribution in [0.15, 0.2) is 0 Å². The van der Waals surface area contributed by atoms with Crippen molar-refractivity contribution in [1.82, 2.24) is 4.90 Å². The van der Waals surface area contributed by atoms with Crippen molar-refractivity contribution < 1.29 is 23.1 Å². The second-order valence-corrected chi connectivity index (χ2v) is 7.21. The lowest BCUT2D eigenvalue weighted by atomic mass is 10.0. The van der Waals surface area contributed by atoms with E-state index in [-0.39, 0.29) is 42.3 Å². The van der Waals surface area contributed by atoms with Gasteiger partial charge in [-0.05, 0) is 26.2 Å². The molecule has 0 radical (unpaired) electrons. The molecule has 0 bridgehead atoms. The van der Waals surface area contributed by atoms with Crippen LogP contribution in [0.2, 0.25) is 0 Å². The van der Waals surface area contributed by atoms with E-state index in [1.165, 1.54) is 4.90 Å². The average Bonchev–Trinajstić information content (AvgIpc) is 2.53. The number of hydrogen-bond acceptors (Lipinski definition) is 4. The van der Waals surface area contributed by atoms with Crippen LogP contribution in [-0.2, 0) is 19.4 Å². The number of nitrogens with zero attached hydrogens (tertiary/aromatic N) is 1. The fraction of sp³-hybridized carbons (Fsp3) is 0.818. The molecule has 104 valence electrons. The van der Waals surface area contributed by atoms with Crippen LogP contribution >= 0.6 is 0 Å². The summed E-state index contributed by atoms with van der Waals surface area (Å²) in [7, 11) is -3.00. The molecule has 0 spiro atoms. The van der Waals surface area contributed by atoms with Gasteiger partial charge in [0.1, 0.15) is 6.54 Å². The zero-order valence-corrected chi connectivity index (χ0v) is 11.4. The Morgan fingerprint density at radius 2 is 2.00 bits per heavy atom. The van der Waals surface area contributed by atoms with E-state index in [1.54, 1.807) is 13.8 Å². The van der Waals surface area contributed by atoms with E-state index in [2.05, 4.69) is 0 Å². The lowest BCUT2D eigenvalue weighted by Crippen LogP contribution is -2.41. The maximum Gasteiger partial charge on any atom is 0.323 e. The molecule has 1 unspecified atom stereocenters. The topological polar surface area (TPSA) is 91.8 Å². The van der Waals surface area contributed by atoms with Gasteiger partial charge in [-0.1, -0.05) is 0 Å². The molecule has 0 aromatic heterocycles. The summed E-state index contributed by atoms with van der Waals surface area (Å²) in [5.41, 5.74) is 0. The quantitative estimate of drug-likeness (QED) is 0.771. The van der Waals surface area contributed by atoms with Crippen LogP contribution in [0.4, 0.5) is 0 Å². The summed E-state index contributed by atoms with van der Waals surface area (Å²) in [6.07, 6.45) is 0.609. The second-order valence-electron chi connectivity index (χ2n) is 4.98. The molecule has 1 aliphatic heterocycles. The molecule has 0 aromatic carbocycles. The molecule has 0 aromatic rings. The standard InChI is InChI=1S/C11H19NO5S/c1-8(2)12(6-11(14)15)10(13)5-9-3-4-18(16,17)7-9/h8-9H,3-7H2,1-2H3,(H,14,15). The highest BCUT2D eigenvalue weighted by atomic mass is 32.2. The van der Waals surface area contributed by atoms with Crippen LogP contribution in [-0.4, -0.2) is 54.4 Å². The van der Waals surface area contributed by atoms with E-state index >= 15 is 0 Å². The highest BCUT2D eigenvalue weighted by molar-refractivity contribution is 7.91. The summed E-state index contributed by atoms with van der Waals surface area (Å²) >= 11 is 0. The minimum atomic E-state index is -3.00. The van der Waals surface area contributed by atoms with Crippen molar-refractivity contribution in [3.63, 3.8) is 0 Å². The van der Waals surface area contributed by atoms with E-state index in [0.29, 0.717) is 6.42 Å². The molecule has 0 aliphatic carbocycles. The summed E-state index contributed by atoms with van der Waals surface area (Å²) in [4.78, 5) is 23.9. The third kappa shape index (κ3) is 4.29. The van der Waals surface area contributed by atoms with Crippen LogP contribution in [0.3, 0.4) is 0 Å². The van der Waals surface area contributed by atoms with Gasteiger partial charge in [0.05, 0.1) is 11.5 Å². The van der Waals surface area contributed by atoms with Gasteiger partial charge in [0.15, 0.2) is 9.84 Å². The Bertz CT molecular complexity index is 429. The summed E-state index contributed by atoms with van der Waals surface area (Å²) < 4.78 is 22.6. The van der Waals surface area contributed by atoms with E-state index in [1.807, 2.05) is 0 Å². The largest absolute Gasteiger partial charge is 0.480 e. The van der Waals surface area contributed by atoms with Gasteiger partial charge >= 0.3 is 5.97 Å². The van der Waals surface area contributed by atoms with Crippen molar-refractivity contribution >= 4 is 21.7 Å². The van der Waals surface area contributed by atoms with Gasteiger partial charge < -0.3 is 10.0 Å². The molecule has 1 fully saturated rings. The van der Waals surface area contributed by atoms with Crippen molar-refractivity contribution in [2.24, 2.45) is 5.92 Å². The third-order valence-corrected chi connectivity index (χ3v) is 4.88. The van der Waals surface area contributed by atoms with Gasteiger partial charge in [0.25, 0.3) is 0 Å². The fourth-order valence-corrected chi connectivity index (χ4v) is 3.96. The Hall–Kier alpha value is -1.11. The zero-order chi connectivity index (χ0) is 13.9. The first-order valence-corrected chi connectivity index (χ1v) is 7.75. The number of carboxylic acid groups (broad SMARTS) is 1. The Morgan fingerprint density at radius 3 is 2.39 bits per heavy atom. The minimum absolute atomic E-state index is 0.0394. The number of amides is 1. The van der Waals surface area contributed by atoms with Crippen molar-refractivity contribution in [1.29, 1.82) is 0 Å². The van der Waals surface area contributed by atoms with E-state index < -0.39 is 15.8 Å². The molecule has 1 rings (SSSR count). The van der Waals surface area contributed by atoms with Crippen molar-refractivity contribution in [2.45, 2.75) is 32.7 Å². The molecule has 18 heavy (non-hydrogen) atoms. The van der Waals surface area contributed by atoms with Gasteiger partial charge in [-0.15, -0.1) is 0 Å². The molecule has 6 nitrogen and oxygen atoms in total. The molecule has 7 heteroatoms. The number of hydrogen-bond donors (Lipinski definition) is 1. The number of carbonyl (C=O) groups excluding carboxylic acids is 1. The molecule has 1 saturated heterocycles. The first kappa shape index (κ1) is 14.9. The lowest BCUT2D eigenvalue weighted by Gasteiger charge is -2.25. The predicted molar refractivity (Wildman–Crippen MR) is 65.9 cm³/mol. The lowest BCUT2D eigenvalue weighted by molar-refractivity contribution is -0.146. The SMILES string of the molecule is CC(C)N(CC(=O)O)C(=O)CC1CCS(=O)(=O)C1. The Morgan fingerprint density at radius 1 is 1.39 bits per heavy atom. The zero-order valence-electron chi connectivity index (χ0n) is 10.6. The molecule has 1 amide bonds. The van der Waals surface area contributed by atoms with Crippen molar-refractivity contribution in [3.05, 3.63) is 0 Å². The highest BCUT2D eigenvalue weighted by Crippen LogP contribution is 2.22. The number of rotatable bonds is 5. The summed E-state index contributed by atoms with van der Waals surface area (Å²) in [6, 6.07) is -0.202. The van der Waals surface area contributed by atoms with Crippen molar-refractivity contribution in [2.75, 3.05) is 18.1 Å². The van der Waals surface area contributed by atoms with Gasteiger partial charge in [0.2, 0.25) is 5.91 Å². The van der Waals surface area contributed by atoms with Gasteiger partial charge in [-0.3, -0.25) is 9.59 Å². The predicted octanol–water partition coefficient (Wildman–Crippen LogP) is 0.133. The van der Waals surface area contributed by atoms with E-state index in [4.69, 9.17) is 5.11 Å². The van der Waals surface area contributed by atoms with Gasteiger partial charge in [-0.2, -0.15) is 0 Å². The summed E-state index contributed by atoms with van der Waals surface area (Å²) in [5, 5.41) is 8.74. The smallest absolute Gasteiger partial charge is 0.323 e. The third-order valence-electron chi connectivity index (χ3n) is 3.04. The molecule has 1 atom stereocenters. The number of aliphatic carboxylic acids is 1. The van der Waals surface area contributed by atoms with Crippen molar-refractivity contribution in [3.8, 4) is 0 Å². The van der Waals surface area contributed by atoms with Crippen LogP contribution in [0.1, 0.15) is 26.7 Å². The van der Waals surface area contributed by atoms with Crippen LogP contribution in [0.25, 0.3) is 0 Å². The molecule has 1 heterocycles. The van der Waals surface area contributed by atoms with Crippen LogP contribution in [0, 0.1) is 5.92 Å².